The number of rotatable bonds is 5. The Labute approximate surface area is 150 Å². The van der Waals surface area contributed by atoms with E-state index in [0.717, 1.165) is 4.90 Å². The number of pyridine rings is 1. The van der Waals surface area contributed by atoms with E-state index in [-0.39, 0.29) is 11.8 Å². The summed E-state index contributed by atoms with van der Waals surface area (Å²) in [5, 5.41) is 11.6. The third-order valence-corrected chi connectivity index (χ3v) is 3.92. The second kappa shape index (κ2) is 7.11. The molecule has 8 nitrogen and oxygen atoms in total. The van der Waals surface area contributed by atoms with Gasteiger partial charge in [0.05, 0.1) is 24.6 Å². The normalized spacial score (nSPS) is 16.2. The summed E-state index contributed by atoms with van der Waals surface area (Å²) in [6, 6.07) is 8.98. The summed E-state index contributed by atoms with van der Waals surface area (Å²) in [6.07, 6.45) is 1.92. The minimum Gasteiger partial charge on any atom is -0.495 e. The topological polar surface area (TPSA) is 105 Å². The number of carbonyl (C=O) groups is 2. The molecule has 2 aromatic rings. The van der Waals surface area contributed by atoms with Gasteiger partial charge in [0.1, 0.15) is 23.6 Å². The molecule has 3 amide bonds. The standard InChI is InChI=1S/C18H16N4O4/c1-3-14-17(23)22(18(24)21-14)12-5-7-16(20-10-12)26-13-6-4-11(9-19)15(8-13)25-2/h4-8,10,14H,3H2,1-2H3,(H,21,24)/t14-/m1/s1. The Morgan fingerprint density at radius 1 is 1.31 bits per heavy atom. The second-order valence-corrected chi connectivity index (χ2v) is 5.51. The van der Waals surface area contributed by atoms with Gasteiger partial charge < -0.3 is 14.8 Å². The molecular weight excluding hydrogens is 336 g/mol. The van der Waals surface area contributed by atoms with Gasteiger partial charge >= 0.3 is 6.03 Å². The number of aromatic nitrogens is 1. The zero-order valence-corrected chi connectivity index (χ0v) is 14.2. The minimum atomic E-state index is -0.510. The molecule has 1 N–H and O–H groups in total. The molecule has 8 heteroatoms. The van der Waals surface area contributed by atoms with Crippen molar-refractivity contribution in [2.75, 3.05) is 12.0 Å². The monoisotopic (exact) mass is 352 g/mol. The largest absolute Gasteiger partial charge is 0.495 e. The van der Waals surface area contributed by atoms with E-state index in [1.807, 2.05) is 13.0 Å². The van der Waals surface area contributed by atoms with Crippen molar-refractivity contribution in [2.24, 2.45) is 0 Å². The summed E-state index contributed by atoms with van der Waals surface area (Å²) < 4.78 is 10.8. The SMILES string of the molecule is CC[C@H]1NC(=O)N(c2ccc(Oc3ccc(C#N)c(OC)c3)nc2)C1=O. The van der Waals surface area contributed by atoms with E-state index < -0.39 is 12.1 Å². The van der Waals surface area contributed by atoms with Gasteiger partial charge in [0.2, 0.25) is 5.88 Å². The number of methoxy groups -OCH3 is 1. The molecule has 0 saturated carbocycles. The molecule has 0 spiro atoms. The van der Waals surface area contributed by atoms with E-state index in [1.165, 1.54) is 13.3 Å². The van der Waals surface area contributed by atoms with E-state index >= 15 is 0 Å². The lowest BCUT2D eigenvalue weighted by Crippen LogP contribution is -2.31. The maximum atomic E-state index is 12.2. The van der Waals surface area contributed by atoms with E-state index in [4.69, 9.17) is 14.7 Å². The van der Waals surface area contributed by atoms with E-state index in [2.05, 4.69) is 10.3 Å². The van der Waals surface area contributed by atoms with Gasteiger partial charge in [-0.3, -0.25) is 4.79 Å². The minimum absolute atomic E-state index is 0.277. The second-order valence-electron chi connectivity index (χ2n) is 5.51. The van der Waals surface area contributed by atoms with Gasteiger partial charge in [-0.2, -0.15) is 5.26 Å². The Kier molecular flexibility index (Phi) is 4.71. The lowest BCUT2D eigenvalue weighted by molar-refractivity contribution is -0.118. The fraction of sp³-hybridized carbons (Fsp3) is 0.222. The first-order valence-corrected chi connectivity index (χ1v) is 7.94. The highest BCUT2D eigenvalue weighted by Gasteiger charge is 2.37. The molecule has 0 bridgehead atoms. The Hall–Kier alpha value is -3.60. The zero-order chi connectivity index (χ0) is 18.7. The number of nitrogens with one attached hydrogen (secondary N) is 1. The molecular formula is C18H16N4O4. The highest BCUT2D eigenvalue weighted by Crippen LogP contribution is 2.28. The Bertz CT molecular complexity index is 889. The van der Waals surface area contributed by atoms with Crippen molar-refractivity contribution in [3.05, 3.63) is 42.1 Å². The van der Waals surface area contributed by atoms with Crippen LogP contribution in [-0.4, -0.2) is 30.1 Å². The average Bonchev–Trinajstić information content (AvgIpc) is 2.96. The number of amides is 3. The summed E-state index contributed by atoms with van der Waals surface area (Å²) >= 11 is 0. The summed E-state index contributed by atoms with van der Waals surface area (Å²) in [6.45, 7) is 1.83. The summed E-state index contributed by atoms with van der Waals surface area (Å²) in [7, 11) is 1.47. The van der Waals surface area contributed by atoms with Crippen LogP contribution in [0.2, 0.25) is 0 Å². The van der Waals surface area contributed by atoms with Crippen molar-refractivity contribution in [2.45, 2.75) is 19.4 Å². The van der Waals surface area contributed by atoms with Crippen molar-refractivity contribution in [3.63, 3.8) is 0 Å². The van der Waals surface area contributed by atoms with Crippen LogP contribution >= 0.6 is 0 Å². The van der Waals surface area contributed by atoms with Crippen LogP contribution < -0.4 is 19.7 Å². The number of nitriles is 1. The van der Waals surface area contributed by atoms with Crippen LogP contribution in [0.4, 0.5) is 10.5 Å². The van der Waals surface area contributed by atoms with Crippen molar-refractivity contribution >= 4 is 17.6 Å². The van der Waals surface area contributed by atoms with Gasteiger partial charge in [0.25, 0.3) is 5.91 Å². The van der Waals surface area contributed by atoms with Crippen molar-refractivity contribution in [1.29, 1.82) is 5.26 Å². The van der Waals surface area contributed by atoms with Crippen LogP contribution in [0.5, 0.6) is 17.4 Å². The third kappa shape index (κ3) is 3.15. The van der Waals surface area contributed by atoms with Crippen molar-refractivity contribution in [1.82, 2.24) is 10.3 Å². The fourth-order valence-electron chi connectivity index (χ4n) is 2.57. The lowest BCUT2D eigenvalue weighted by atomic mass is 10.2. The zero-order valence-electron chi connectivity index (χ0n) is 14.2. The molecule has 2 heterocycles. The van der Waals surface area contributed by atoms with Gasteiger partial charge in [-0.15, -0.1) is 0 Å². The summed E-state index contributed by atoms with van der Waals surface area (Å²) in [5.74, 6) is 0.818. The lowest BCUT2D eigenvalue weighted by Gasteiger charge is -2.13. The molecule has 0 aliphatic carbocycles. The van der Waals surface area contributed by atoms with Gasteiger partial charge in [0, 0.05) is 12.1 Å². The average molecular weight is 352 g/mol. The number of hydrogen-bond acceptors (Lipinski definition) is 6. The van der Waals surface area contributed by atoms with Gasteiger partial charge in [-0.1, -0.05) is 6.92 Å². The van der Waals surface area contributed by atoms with Crippen LogP contribution in [-0.2, 0) is 4.79 Å². The Morgan fingerprint density at radius 3 is 2.69 bits per heavy atom. The molecule has 1 saturated heterocycles. The molecule has 132 valence electrons. The van der Waals surface area contributed by atoms with Crippen LogP contribution in [0.15, 0.2) is 36.5 Å². The molecule has 1 atom stereocenters. The van der Waals surface area contributed by atoms with Crippen LogP contribution in [0.3, 0.4) is 0 Å². The first kappa shape index (κ1) is 17.2. The third-order valence-electron chi connectivity index (χ3n) is 3.92. The predicted molar refractivity (Wildman–Crippen MR) is 92.1 cm³/mol. The Morgan fingerprint density at radius 2 is 2.12 bits per heavy atom. The molecule has 0 radical (unpaired) electrons. The number of ether oxygens (including phenoxy) is 2. The molecule has 26 heavy (non-hydrogen) atoms. The van der Waals surface area contributed by atoms with E-state index in [9.17, 15) is 9.59 Å². The van der Waals surface area contributed by atoms with Gasteiger partial charge in [-0.05, 0) is 24.6 Å². The molecule has 1 aromatic heterocycles. The Balaban J connectivity index is 1.78. The number of urea groups is 1. The molecule has 1 fully saturated rings. The molecule has 3 rings (SSSR count). The van der Waals surface area contributed by atoms with Crippen LogP contribution in [0.1, 0.15) is 18.9 Å². The summed E-state index contributed by atoms with van der Waals surface area (Å²) in [5.41, 5.74) is 0.764. The van der Waals surface area contributed by atoms with E-state index in [0.29, 0.717) is 29.2 Å². The fourth-order valence-corrected chi connectivity index (χ4v) is 2.57. The molecule has 1 aromatic carbocycles. The van der Waals surface area contributed by atoms with Crippen LogP contribution in [0, 0.1) is 11.3 Å². The maximum Gasteiger partial charge on any atom is 0.329 e. The van der Waals surface area contributed by atoms with Crippen molar-refractivity contribution < 1.29 is 19.1 Å². The number of benzene rings is 1. The molecule has 1 aliphatic rings. The number of anilines is 1. The van der Waals surface area contributed by atoms with Crippen LogP contribution in [0.25, 0.3) is 0 Å². The van der Waals surface area contributed by atoms with Crippen molar-refractivity contribution in [3.8, 4) is 23.4 Å². The highest BCUT2D eigenvalue weighted by atomic mass is 16.5. The van der Waals surface area contributed by atoms with Gasteiger partial charge in [0.15, 0.2) is 0 Å². The molecule has 0 unspecified atom stereocenters. The van der Waals surface area contributed by atoms with E-state index in [1.54, 1.807) is 30.3 Å². The first-order valence-electron chi connectivity index (χ1n) is 7.94. The van der Waals surface area contributed by atoms with Gasteiger partial charge in [-0.25, -0.2) is 14.7 Å². The molecule has 1 aliphatic heterocycles. The highest BCUT2D eigenvalue weighted by molar-refractivity contribution is 6.21. The first-order chi connectivity index (χ1) is 12.6. The maximum absolute atomic E-state index is 12.2. The smallest absolute Gasteiger partial charge is 0.329 e. The predicted octanol–water partition coefficient (Wildman–Crippen LogP) is 2.59. The number of nitrogens with zero attached hydrogens (tertiary/aromatic N) is 3. The summed E-state index contributed by atoms with van der Waals surface area (Å²) in [4.78, 5) is 29.4. The number of carbonyl (C=O) groups excluding carboxylic acids is 2. The number of hydrogen-bond donors (Lipinski definition) is 1. The number of imide groups is 1. The quantitative estimate of drug-likeness (QED) is 0.829.